The van der Waals surface area contributed by atoms with E-state index in [1.165, 1.54) is 23.3 Å². The highest BCUT2D eigenvalue weighted by Crippen LogP contribution is 2.17. The molecule has 0 unspecified atom stereocenters. The lowest BCUT2D eigenvalue weighted by Gasteiger charge is -2.15. The largest absolute Gasteiger partial charge is 0.465 e. The van der Waals surface area contributed by atoms with Crippen molar-refractivity contribution in [2.24, 2.45) is 0 Å². The van der Waals surface area contributed by atoms with E-state index in [1.54, 1.807) is 37.4 Å². The molecule has 104 valence electrons. The smallest absolute Gasteiger partial charge is 0.246 e. The Labute approximate surface area is 124 Å². The van der Waals surface area contributed by atoms with Gasteiger partial charge in [0.1, 0.15) is 11.6 Å². The van der Waals surface area contributed by atoms with Gasteiger partial charge in [-0.15, -0.1) is 0 Å². The summed E-state index contributed by atoms with van der Waals surface area (Å²) in [5, 5.41) is 0. The van der Waals surface area contributed by atoms with Gasteiger partial charge in [0.15, 0.2) is 0 Å². The first-order valence-electron chi connectivity index (χ1n) is 5.97. The van der Waals surface area contributed by atoms with Gasteiger partial charge in [-0.25, -0.2) is 4.39 Å². The van der Waals surface area contributed by atoms with Crippen LogP contribution >= 0.6 is 15.9 Å². The summed E-state index contributed by atoms with van der Waals surface area (Å²) in [4.78, 5) is 13.3. The van der Waals surface area contributed by atoms with Gasteiger partial charge in [-0.1, -0.05) is 15.9 Å². The Morgan fingerprint density at radius 3 is 2.95 bits per heavy atom. The molecule has 1 heterocycles. The fraction of sp³-hybridized carbons (Fsp3) is 0.133. The molecule has 0 aliphatic carbocycles. The van der Waals surface area contributed by atoms with E-state index < -0.39 is 0 Å². The van der Waals surface area contributed by atoms with Gasteiger partial charge >= 0.3 is 0 Å². The Hall–Kier alpha value is -1.88. The van der Waals surface area contributed by atoms with Crippen molar-refractivity contribution >= 4 is 27.9 Å². The molecule has 0 N–H and O–H groups in total. The van der Waals surface area contributed by atoms with Crippen LogP contribution in [0.2, 0.25) is 0 Å². The van der Waals surface area contributed by atoms with Gasteiger partial charge in [0.25, 0.3) is 0 Å². The number of nitrogens with zero attached hydrogens (tertiary/aromatic N) is 1. The van der Waals surface area contributed by atoms with Gasteiger partial charge < -0.3 is 9.32 Å². The number of furan rings is 1. The molecule has 1 aromatic carbocycles. The Balaban J connectivity index is 2.02. The van der Waals surface area contributed by atoms with E-state index >= 15 is 0 Å². The number of carbonyl (C=O) groups is 1. The molecule has 0 spiro atoms. The van der Waals surface area contributed by atoms with E-state index in [0.29, 0.717) is 11.3 Å². The van der Waals surface area contributed by atoms with Crippen molar-refractivity contribution in [1.29, 1.82) is 0 Å². The molecule has 0 aliphatic rings. The van der Waals surface area contributed by atoms with Gasteiger partial charge in [-0.2, -0.15) is 0 Å². The van der Waals surface area contributed by atoms with Crippen molar-refractivity contribution in [3.05, 3.63) is 64.3 Å². The predicted molar refractivity (Wildman–Crippen MR) is 78.3 cm³/mol. The Morgan fingerprint density at radius 2 is 2.25 bits per heavy atom. The number of amides is 1. The SMILES string of the molecule is CN(Cc1cc(Br)ccc1F)C(=O)/C=C/c1ccco1. The van der Waals surface area contributed by atoms with Crippen molar-refractivity contribution < 1.29 is 13.6 Å². The van der Waals surface area contributed by atoms with Crippen LogP contribution in [0.15, 0.2) is 51.6 Å². The second-order valence-electron chi connectivity index (χ2n) is 4.28. The number of carbonyl (C=O) groups excluding carboxylic acids is 1. The van der Waals surface area contributed by atoms with E-state index in [9.17, 15) is 9.18 Å². The van der Waals surface area contributed by atoms with Crippen molar-refractivity contribution in [3.63, 3.8) is 0 Å². The molecule has 0 radical (unpaired) electrons. The number of benzene rings is 1. The van der Waals surface area contributed by atoms with Gasteiger partial charge in [-0.3, -0.25) is 4.79 Å². The number of hydrogen-bond acceptors (Lipinski definition) is 2. The summed E-state index contributed by atoms with van der Waals surface area (Å²) in [6.45, 7) is 0.201. The third-order valence-corrected chi connectivity index (χ3v) is 3.22. The number of rotatable bonds is 4. The van der Waals surface area contributed by atoms with Crippen LogP contribution in [0, 0.1) is 5.82 Å². The zero-order valence-electron chi connectivity index (χ0n) is 10.8. The summed E-state index contributed by atoms with van der Waals surface area (Å²) >= 11 is 3.28. The first kappa shape index (κ1) is 14.5. The molecule has 3 nitrogen and oxygen atoms in total. The van der Waals surface area contributed by atoms with Crippen molar-refractivity contribution in [2.75, 3.05) is 7.05 Å². The van der Waals surface area contributed by atoms with Crippen LogP contribution in [0.25, 0.3) is 6.08 Å². The molecule has 1 aromatic heterocycles. The lowest BCUT2D eigenvalue weighted by Crippen LogP contribution is -2.24. The van der Waals surface area contributed by atoms with E-state index in [0.717, 1.165) is 4.47 Å². The highest BCUT2D eigenvalue weighted by atomic mass is 79.9. The van der Waals surface area contributed by atoms with Crippen LogP contribution in [-0.4, -0.2) is 17.9 Å². The Kier molecular flexibility index (Phi) is 4.74. The topological polar surface area (TPSA) is 33.5 Å². The first-order chi connectivity index (χ1) is 9.56. The summed E-state index contributed by atoms with van der Waals surface area (Å²) in [6.07, 6.45) is 4.51. The maximum Gasteiger partial charge on any atom is 0.246 e. The van der Waals surface area contributed by atoms with Crippen molar-refractivity contribution in [3.8, 4) is 0 Å². The molecule has 20 heavy (non-hydrogen) atoms. The standard InChI is InChI=1S/C15H13BrFNO2/c1-18(10-11-9-12(16)4-6-14(11)17)15(19)7-5-13-3-2-8-20-13/h2-9H,10H2,1H3/b7-5+. The third-order valence-electron chi connectivity index (χ3n) is 2.72. The van der Waals surface area contributed by atoms with Crippen LogP contribution in [0.3, 0.4) is 0 Å². The van der Waals surface area contributed by atoms with Gasteiger partial charge in [0.2, 0.25) is 5.91 Å². The third kappa shape index (κ3) is 3.81. The average molecular weight is 338 g/mol. The van der Waals surface area contributed by atoms with E-state index in [-0.39, 0.29) is 18.3 Å². The van der Waals surface area contributed by atoms with E-state index in [1.807, 2.05) is 0 Å². The molecular formula is C15H13BrFNO2. The van der Waals surface area contributed by atoms with Gasteiger partial charge in [0.05, 0.1) is 6.26 Å². The number of halogens is 2. The maximum absolute atomic E-state index is 13.6. The summed E-state index contributed by atoms with van der Waals surface area (Å²) in [7, 11) is 1.62. The molecule has 0 saturated carbocycles. The van der Waals surface area contributed by atoms with Gasteiger partial charge in [-0.05, 0) is 36.4 Å². The van der Waals surface area contributed by atoms with Crippen molar-refractivity contribution in [1.82, 2.24) is 4.90 Å². The minimum absolute atomic E-state index is 0.201. The van der Waals surface area contributed by atoms with Crippen LogP contribution < -0.4 is 0 Å². The fourth-order valence-electron chi connectivity index (χ4n) is 1.66. The summed E-state index contributed by atoms with van der Waals surface area (Å²) in [5.41, 5.74) is 0.460. The van der Waals surface area contributed by atoms with Crippen molar-refractivity contribution in [2.45, 2.75) is 6.54 Å². The molecule has 5 heteroatoms. The van der Waals surface area contributed by atoms with Gasteiger partial charge in [0, 0.05) is 29.7 Å². The molecule has 0 fully saturated rings. The highest BCUT2D eigenvalue weighted by molar-refractivity contribution is 9.10. The van der Waals surface area contributed by atoms with Crippen LogP contribution in [-0.2, 0) is 11.3 Å². The molecule has 0 atom stereocenters. The Bertz CT molecular complexity index is 623. The zero-order valence-corrected chi connectivity index (χ0v) is 12.4. The minimum atomic E-state index is -0.331. The fourth-order valence-corrected chi connectivity index (χ4v) is 2.07. The summed E-state index contributed by atoms with van der Waals surface area (Å²) < 4.78 is 19.5. The summed E-state index contributed by atoms with van der Waals surface area (Å²) in [5.74, 6) is 0.0454. The normalized spacial score (nSPS) is 10.9. The zero-order chi connectivity index (χ0) is 14.5. The first-order valence-corrected chi connectivity index (χ1v) is 6.76. The van der Waals surface area contributed by atoms with Crippen LogP contribution in [0.4, 0.5) is 4.39 Å². The molecular weight excluding hydrogens is 325 g/mol. The second-order valence-corrected chi connectivity index (χ2v) is 5.19. The highest BCUT2D eigenvalue weighted by Gasteiger charge is 2.10. The van der Waals surface area contributed by atoms with Crippen LogP contribution in [0.1, 0.15) is 11.3 Å². The number of likely N-dealkylation sites (N-methyl/N-ethyl adjacent to an activating group) is 1. The number of hydrogen-bond donors (Lipinski definition) is 0. The molecule has 2 aromatic rings. The molecule has 0 aliphatic heterocycles. The summed E-state index contributed by atoms with van der Waals surface area (Å²) in [6, 6.07) is 8.14. The van der Waals surface area contributed by atoms with Crippen LogP contribution in [0.5, 0.6) is 0 Å². The lowest BCUT2D eigenvalue weighted by atomic mass is 10.2. The average Bonchev–Trinajstić information content (AvgIpc) is 2.93. The Morgan fingerprint density at radius 1 is 1.45 bits per heavy atom. The van der Waals surface area contributed by atoms with E-state index in [2.05, 4.69) is 15.9 Å². The quantitative estimate of drug-likeness (QED) is 0.794. The molecule has 2 rings (SSSR count). The molecule has 1 amide bonds. The monoisotopic (exact) mass is 337 g/mol. The maximum atomic E-state index is 13.6. The second kappa shape index (κ2) is 6.52. The minimum Gasteiger partial charge on any atom is -0.465 e. The lowest BCUT2D eigenvalue weighted by molar-refractivity contribution is -0.125. The molecule has 0 bridgehead atoms. The predicted octanol–water partition coefficient (Wildman–Crippen LogP) is 3.85. The molecule has 0 saturated heterocycles. The van der Waals surface area contributed by atoms with E-state index in [4.69, 9.17) is 4.42 Å².